The summed E-state index contributed by atoms with van der Waals surface area (Å²) in [6.07, 6.45) is 1.38. The maximum Gasteiger partial charge on any atom is 0.345 e. The van der Waals surface area contributed by atoms with Crippen molar-refractivity contribution in [3.05, 3.63) is 46.6 Å². The SMILES string of the molecule is Cn1cnn(CC(=O)NCc2ccccc2OC(C)(C)C)c1=O. The maximum absolute atomic E-state index is 12.0. The van der Waals surface area contributed by atoms with E-state index < -0.39 is 0 Å². The molecule has 0 spiro atoms. The first kappa shape index (κ1) is 16.8. The Hall–Kier alpha value is -2.57. The summed E-state index contributed by atoms with van der Waals surface area (Å²) in [6, 6.07) is 7.55. The van der Waals surface area contributed by atoms with Gasteiger partial charge in [-0.3, -0.25) is 9.36 Å². The van der Waals surface area contributed by atoms with Crippen LogP contribution in [0.2, 0.25) is 0 Å². The van der Waals surface area contributed by atoms with Gasteiger partial charge < -0.3 is 10.1 Å². The second-order valence-corrected chi connectivity index (χ2v) is 6.28. The van der Waals surface area contributed by atoms with Gasteiger partial charge in [-0.2, -0.15) is 5.10 Å². The molecule has 0 aliphatic rings. The third-order valence-electron chi connectivity index (χ3n) is 3.04. The van der Waals surface area contributed by atoms with Crippen LogP contribution >= 0.6 is 0 Å². The summed E-state index contributed by atoms with van der Waals surface area (Å²) in [7, 11) is 1.59. The summed E-state index contributed by atoms with van der Waals surface area (Å²) < 4.78 is 8.32. The summed E-state index contributed by atoms with van der Waals surface area (Å²) in [4.78, 5) is 23.6. The smallest absolute Gasteiger partial charge is 0.345 e. The van der Waals surface area contributed by atoms with Gasteiger partial charge in [0.1, 0.15) is 24.2 Å². The van der Waals surface area contributed by atoms with E-state index in [4.69, 9.17) is 4.74 Å². The van der Waals surface area contributed by atoms with E-state index in [2.05, 4.69) is 10.4 Å². The van der Waals surface area contributed by atoms with Crippen LogP contribution in [0.5, 0.6) is 5.75 Å². The maximum atomic E-state index is 12.0. The Morgan fingerprint density at radius 1 is 1.30 bits per heavy atom. The molecule has 0 aliphatic heterocycles. The van der Waals surface area contributed by atoms with Crippen LogP contribution in [0.25, 0.3) is 0 Å². The number of rotatable bonds is 5. The largest absolute Gasteiger partial charge is 0.488 e. The highest BCUT2D eigenvalue weighted by Crippen LogP contribution is 2.22. The zero-order valence-corrected chi connectivity index (χ0v) is 13.9. The number of para-hydroxylation sites is 1. The molecule has 7 nitrogen and oxygen atoms in total. The van der Waals surface area contributed by atoms with Crippen molar-refractivity contribution in [1.29, 1.82) is 0 Å². The highest BCUT2D eigenvalue weighted by Gasteiger charge is 2.15. The number of hydrogen-bond donors (Lipinski definition) is 1. The van der Waals surface area contributed by atoms with Crippen LogP contribution in [-0.4, -0.2) is 25.9 Å². The normalized spacial score (nSPS) is 11.3. The van der Waals surface area contributed by atoms with Gasteiger partial charge >= 0.3 is 5.69 Å². The van der Waals surface area contributed by atoms with Crippen LogP contribution in [0.1, 0.15) is 26.3 Å². The number of aromatic nitrogens is 3. The molecule has 1 heterocycles. The number of benzene rings is 1. The summed E-state index contributed by atoms with van der Waals surface area (Å²) >= 11 is 0. The monoisotopic (exact) mass is 318 g/mol. The third-order valence-corrected chi connectivity index (χ3v) is 3.04. The van der Waals surface area contributed by atoms with E-state index in [1.165, 1.54) is 10.9 Å². The van der Waals surface area contributed by atoms with Gasteiger partial charge in [0.25, 0.3) is 0 Å². The molecule has 0 aliphatic carbocycles. The van der Waals surface area contributed by atoms with Crippen molar-refractivity contribution in [2.45, 2.75) is 39.5 Å². The molecule has 7 heteroatoms. The van der Waals surface area contributed by atoms with Crippen LogP contribution in [0.4, 0.5) is 0 Å². The van der Waals surface area contributed by atoms with Gasteiger partial charge in [0.05, 0.1) is 0 Å². The van der Waals surface area contributed by atoms with E-state index in [1.807, 2.05) is 45.0 Å². The van der Waals surface area contributed by atoms with E-state index in [0.29, 0.717) is 6.54 Å². The average molecular weight is 318 g/mol. The van der Waals surface area contributed by atoms with Crippen molar-refractivity contribution in [2.24, 2.45) is 7.05 Å². The second kappa shape index (κ2) is 6.68. The predicted molar refractivity (Wildman–Crippen MR) is 86.1 cm³/mol. The highest BCUT2D eigenvalue weighted by molar-refractivity contribution is 5.75. The molecule has 0 saturated carbocycles. The van der Waals surface area contributed by atoms with Crippen LogP contribution < -0.4 is 15.7 Å². The lowest BCUT2D eigenvalue weighted by Gasteiger charge is -2.23. The molecule has 23 heavy (non-hydrogen) atoms. The Labute approximate surface area is 134 Å². The minimum atomic E-state index is -0.323. The van der Waals surface area contributed by atoms with Gasteiger partial charge in [0.2, 0.25) is 5.91 Å². The van der Waals surface area contributed by atoms with Crippen LogP contribution in [-0.2, 0) is 24.9 Å². The van der Waals surface area contributed by atoms with Crippen molar-refractivity contribution >= 4 is 5.91 Å². The lowest BCUT2D eigenvalue weighted by atomic mass is 10.1. The molecule has 0 saturated heterocycles. The van der Waals surface area contributed by atoms with E-state index >= 15 is 0 Å². The van der Waals surface area contributed by atoms with E-state index in [9.17, 15) is 9.59 Å². The molecule has 0 radical (unpaired) electrons. The fourth-order valence-corrected chi connectivity index (χ4v) is 1.99. The first-order valence-electron chi connectivity index (χ1n) is 7.38. The Balaban J connectivity index is 1.99. The van der Waals surface area contributed by atoms with Crippen molar-refractivity contribution in [2.75, 3.05) is 0 Å². The highest BCUT2D eigenvalue weighted by atomic mass is 16.5. The minimum Gasteiger partial charge on any atom is -0.488 e. The molecule has 2 aromatic rings. The van der Waals surface area contributed by atoms with Gasteiger partial charge in [-0.15, -0.1) is 0 Å². The number of ether oxygens (including phenoxy) is 1. The molecule has 0 atom stereocenters. The fourth-order valence-electron chi connectivity index (χ4n) is 1.99. The van der Waals surface area contributed by atoms with Crippen molar-refractivity contribution in [1.82, 2.24) is 19.7 Å². The standard InChI is InChI=1S/C16H22N4O3/c1-16(2,3)23-13-8-6-5-7-12(13)9-17-14(21)10-20-15(22)19(4)11-18-20/h5-8,11H,9-10H2,1-4H3,(H,17,21). The first-order chi connectivity index (χ1) is 10.8. The summed E-state index contributed by atoms with van der Waals surface area (Å²) in [5.41, 5.74) is 0.238. The molecule has 2 rings (SSSR count). The predicted octanol–water partition coefficient (Wildman–Crippen LogP) is 1.08. The second-order valence-electron chi connectivity index (χ2n) is 6.28. The van der Waals surface area contributed by atoms with Crippen molar-refractivity contribution in [3.63, 3.8) is 0 Å². The Morgan fingerprint density at radius 2 is 2.00 bits per heavy atom. The molecular formula is C16H22N4O3. The number of hydrogen-bond acceptors (Lipinski definition) is 4. The molecule has 1 aromatic carbocycles. The summed E-state index contributed by atoms with van der Waals surface area (Å²) in [6.45, 7) is 6.12. The third kappa shape index (κ3) is 4.70. The molecule has 0 bridgehead atoms. The van der Waals surface area contributed by atoms with Gasteiger partial charge in [0.15, 0.2) is 0 Å². The van der Waals surface area contributed by atoms with Gasteiger partial charge in [-0.1, -0.05) is 18.2 Å². The van der Waals surface area contributed by atoms with Crippen LogP contribution in [0, 0.1) is 0 Å². The Morgan fingerprint density at radius 3 is 2.61 bits per heavy atom. The van der Waals surface area contributed by atoms with Crippen LogP contribution in [0.15, 0.2) is 35.4 Å². The number of amides is 1. The number of aryl methyl sites for hydroxylation is 1. The number of nitrogens with zero attached hydrogens (tertiary/aromatic N) is 3. The molecule has 0 fully saturated rings. The van der Waals surface area contributed by atoms with Crippen molar-refractivity contribution in [3.8, 4) is 5.75 Å². The van der Waals surface area contributed by atoms with Gasteiger partial charge in [0, 0.05) is 19.2 Å². The van der Waals surface area contributed by atoms with E-state index in [-0.39, 0.29) is 23.7 Å². The summed E-state index contributed by atoms with van der Waals surface area (Å²) in [5.74, 6) is 0.451. The molecule has 1 amide bonds. The molecule has 1 aromatic heterocycles. The Bertz CT molecular complexity index is 740. The molecular weight excluding hydrogens is 296 g/mol. The number of carbonyl (C=O) groups excluding carboxylic acids is 1. The van der Waals surface area contributed by atoms with E-state index in [0.717, 1.165) is 16.0 Å². The topological polar surface area (TPSA) is 78.2 Å². The number of nitrogens with one attached hydrogen (secondary N) is 1. The van der Waals surface area contributed by atoms with Crippen LogP contribution in [0.3, 0.4) is 0 Å². The van der Waals surface area contributed by atoms with Crippen molar-refractivity contribution < 1.29 is 9.53 Å². The molecule has 1 N–H and O–H groups in total. The lowest BCUT2D eigenvalue weighted by Crippen LogP contribution is -2.33. The zero-order valence-electron chi connectivity index (χ0n) is 13.9. The first-order valence-corrected chi connectivity index (χ1v) is 7.38. The Kier molecular flexibility index (Phi) is 4.88. The molecule has 0 unspecified atom stereocenters. The lowest BCUT2D eigenvalue weighted by molar-refractivity contribution is -0.122. The van der Waals surface area contributed by atoms with Gasteiger partial charge in [-0.05, 0) is 26.8 Å². The zero-order chi connectivity index (χ0) is 17.0. The average Bonchev–Trinajstić information content (AvgIpc) is 2.77. The summed E-state index contributed by atoms with van der Waals surface area (Å²) in [5, 5.41) is 6.64. The van der Waals surface area contributed by atoms with Gasteiger partial charge in [-0.25, -0.2) is 9.48 Å². The molecule has 124 valence electrons. The number of carbonyl (C=O) groups is 1. The minimum absolute atomic E-state index is 0.109. The fraction of sp³-hybridized carbons (Fsp3) is 0.438. The van der Waals surface area contributed by atoms with E-state index in [1.54, 1.807) is 7.05 Å². The quantitative estimate of drug-likeness (QED) is 0.894.